The molecule has 0 saturated carbocycles. The van der Waals surface area contributed by atoms with Crippen molar-refractivity contribution >= 4 is 11.8 Å². The number of carbonyl (C=O) groups excluding carboxylic acids is 2. The number of rotatable bonds is 7. The lowest BCUT2D eigenvalue weighted by molar-refractivity contribution is -0.134. The highest BCUT2D eigenvalue weighted by molar-refractivity contribution is 5.79. The van der Waals surface area contributed by atoms with Crippen LogP contribution in [-0.2, 0) is 20.9 Å². The minimum absolute atomic E-state index is 0.0282. The molecule has 2 amide bonds. The van der Waals surface area contributed by atoms with E-state index in [-0.39, 0.29) is 24.3 Å². The Morgan fingerprint density at radius 2 is 2.04 bits per heavy atom. The van der Waals surface area contributed by atoms with Crippen LogP contribution in [0.2, 0.25) is 0 Å². The van der Waals surface area contributed by atoms with Crippen LogP contribution in [0.5, 0.6) is 0 Å². The van der Waals surface area contributed by atoms with Crippen LogP contribution in [-0.4, -0.2) is 94.3 Å². The molecule has 1 aromatic heterocycles. The topological polar surface area (TPSA) is 105 Å². The van der Waals surface area contributed by atoms with E-state index in [1.54, 1.807) is 7.11 Å². The fourth-order valence-corrected chi connectivity index (χ4v) is 3.94. The van der Waals surface area contributed by atoms with Crippen LogP contribution < -0.4 is 5.32 Å². The van der Waals surface area contributed by atoms with Crippen molar-refractivity contribution < 1.29 is 14.3 Å². The van der Waals surface area contributed by atoms with Gasteiger partial charge in [-0.2, -0.15) is 4.80 Å². The zero-order valence-electron chi connectivity index (χ0n) is 15.9. The first-order valence-corrected chi connectivity index (χ1v) is 9.66. The molecule has 2 fully saturated rings. The van der Waals surface area contributed by atoms with Crippen LogP contribution in [0.1, 0.15) is 25.7 Å². The summed E-state index contributed by atoms with van der Waals surface area (Å²) in [4.78, 5) is 30.3. The van der Waals surface area contributed by atoms with Gasteiger partial charge in [-0.3, -0.25) is 14.5 Å². The molecule has 10 heteroatoms. The van der Waals surface area contributed by atoms with Gasteiger partial charge in [0, 0.05) is 39.3 Å². The molecular formula is C17H29N7O3. The maximum absolute atomic E-state index is 12.3. The summed E-state index contributed by atoms with van der Waals surface area (Å²) >= 11 is 0. The summed E-state index contributed by atoms with van der Waals surface area (Å²) in [6.45, 7) is 4.55. The lowest BCUT2D eigenvalue weighted by Gasteiger charge is -2.42. The Hall–Kier alpha value is -2.07. The third-order valence-electron chi connectivity index (χ3n) is 5.43. The van der Waals surface area contributed by atoms with Gasteiger partial charge < -0.3 is 15.0 Å². The first-order chi connectivity index (χ1) is 13.2. The predicted octanol–water partition coefficient (Wildman–Crippen LogP) is -0.861. The Labute approximate surface area is 159 Å². The van der Waals surface area contributed by atoms with Crippen molar-refractivity contribution in [1.82, 2.24) is 35.3 Å². The number of amides is 2. The second-order valence-corrected chi connectivity index (χ2v) is 7.20. The van der Waals surface area contributed by atoms with Gasteiger partial charge >= 0.3 is 0 Å². The zero-order chi connectivity index (χ0) is 19.1. The fourth-order valence-electron chi connectivity index (χ4n) is 3.94. The minimum Gasteiger partial charge on any atom is -0.383 e. The summed E-state index contributed by atoms with van der Waals surface area (Å²) in [5, 5.41) is 14.2. The number of hydrogen-bond donors (Lipinski definition) is 1. The lowest BCUT2D eigenvalue weighted by Crippen LogP contribution is -2.52. The highest BCUT2D eigenvalue weighted by Gasteiger charge is 2.32. The quantitative estimate of drug-likeness (QED) is 0.615. The van der Waals surface area contributed by atoms with Crippen LogP contribution in [0.25, 0.3) is 0 Å². The van der Waals surface area contributed by atoms with Gasteiger partial charge in [-0.1, -0.05) is 0 Å². The van der Waals surface area contributed by atoms with Crippen molar-refractivity contribution in [3.63, 3.8) is 0 Å². The standard InChI is InChI=1S/C17H29N7O3/c1-27-10-6-18-17(26)14-3-2-7-23(11-14)15-4-8-22(9-5-15)16(25)12-24-20-13-19-21-24/h13-15H,2-12H2,1H3,(H,18,26)/t14-/m1/s1. The van der Waals surface area contributed by atoms with Crippen LogP contribution in [0.3, 0.4) is 0 Å². The molecule has 3 rings (SSSR count). The van der Waals surface area contributed by atoms with E-state index in [2.05, 4.69) is 25.6 Å². The van der Waals surface area contributed by atoms with E-state index in [1.165, 1.54) is 11.1 Å². The first-order valence-electron chi connectivity index (χ1n) is 9.66. The molecule has 0 aliphatic carbocycles. The van der Waals surface area contributed by atoms with Gasteiger partial charge in [0.2, 0.25) is 11.8 Å². The number of piperidine rings is 2. The van der Waals surface area contributed by atoms with Crippen molar-refractivity contribution in [2.45, 2.75) is 38.3 Å². The number of ether oxygens (including phenoxy) is 1. The van der Waals surface area contributed by atoms with Crippen molar-refractivity contribution in [2.24, 2.45) is 5.92 Å². The summed E-state index contributed by atoms with van der Waals surface area (Å²) in [7, 11) is 1.63. The van der Waals surface area contributed by atoms with Crippen LogP contribution in [0, 0.1) is 5.92 Å². The summed E-state index contributed by atoms with van der Waals surface area (Å²) < 4.78 is 4.99. The zero-order valence-corrected chi connectivity index (χ0v) is 15.9. The molecule has 3 heterocycles. The summed E-state index contributed by atoms with van der Waals surface area (Å²) in [5.41, 5.74) is 0. The third kappa shape index (κ3) is 5.46. The van der Waals surface area contributed by atoms with E-state index in [9.17, 15) is 9.59 Å². The van der Waals surface area contributed by atoms with Crippen molar-refractivity contribution in [3.8, 4) is 0 Å². The van der Waals surface area contributed by atoms with Gasteiger partial charge in [-0.05, 0) is 37.4 Å². The second kappa shape index (κ2) is 9.75. The Bertz CT molecular complexity index is 602. The predicted molar refractivity (Wildman–Crippen MR) is 96.6 cm³/mol. The first kappa shape index (κ1) is 19.7. The fraction of sp³-hybridized carbons (Fsp3) is 0.824. The molecule has 2 aliphatic heterocycles. The molecule has 10 nitrogen and oxygen atoms in total. The van der Waals surface area contributed by atoms with Gasteiger partial charge in [-0.15, -0.1) is 10.2 Å². The highest BCUT2D eigenvalue weighted by Crippen LogP contribution is 2.24. The third-order valence-corrected chi connectivity index (χ3v) is 5.43. The van der Waals surface area contributed by atoms with E-state index >= 15 is 0 Å². The Balaban J connectivity index is 1.43. The van der Waals surface area contributed by atoms with Gasteiger partial charge in [0.05, 0.1) is 12.5 Å². The minimum atomic E-state index is 0.0282. The molecule has 0 aromatic carbocycles. The molecule has 0 unspecified atom stereocenters. The van der Waals surface area contributed by atoms with Gasteiger partial charge in [0.25, 0.3) is 0 Å². The lowest BCUT2D eigenvalue weighted by atomic mass is 9.93. The number of methoxy groups -OCH3 is 1. The van der Waals surface area contributed by atoms with E-state index < -0.39 is 0 Å². The summed E-state index contributed by atoms with van der Waals surface area (Å²) in [6.07, 6.45) is 5.19. The number of nitrogens with one attached hydrogen (secondary N) is 1. The van der Waals surface area contributed by atoms with E-state index in [1.807, 2.05) is 4.90 Å². The summed E-state index contributed by atoms with van der Waals surface area (Å²) in [6, 6.07) is 0.438. The SMILES string of the molecule is COCCNC(=O)[C@@H]1CCCN(C2CCN(C(=O)Cn3ncnn3)CC2)C1. The number of likely N-dealkylation sites (tertiary alicyclic amines) is 2. The average molecular weight is 379 g/mol. The van der Waals surface area contributed by atoms with Crippen LogP contribution >= 0.6 is 0 Å². The van der Waals surface area contributed by atoms with Gasteiger partial charge in [0.1, 0.15) is 6.54 Å². The largest absolute Gasteiger partial charge is 0.383 e. The average Bonchev–Trinajstić information content (AvgIpc) is 3.21. The second-order valence-electron chi connectivity index (χ2n) is 7.20. The van der Waals surface area contributed by atoms with Crippen LogP contribution in [0.15, 0.2) is 6.33 Å². The number of carbonyl (C=O) groups is 2. The number of tetrazole rings is 1. The molecular weight excluding hydrogens is 350 g/mol. The number of nitrogens with zero attached hydrogens (tertiary/aromatic N) is 6. The molecule has 2 aliphatic rings. The summed E-state index contributed by atoms with van der Waals surface area (Å²) in [5.74, 6) is 0.207. The molecule has 0 radical (unpaired) electrons. The maximum atomic E-state index is 12.3. The molecule has 1 N–H and O–H groups in total. The van der Waals surface area contributed by atoms with Crippen molar-refractivity contribution in [2.75, 3.05) is 46.4 Å². The van der Waals surface area contributed by atoms with Gasteiger partial charge in [0.15, 0.2) is 6.33 Å². The van der Waals surface area contributed by atoms with Gasteiger partial charge in [-0.25, -0.2) is 0 Å². The molecule has 1 aromatic rings. The highest BCUT2D eigenvalue weighted by atomic mass is 16.5. The molecule has 0 spiro atoms. The van der Waals surface area contributed by atoms with Crippen molar-refractivity contribution in [3.05, 3.63) is 6.33 Å². The van der Waals surface area contributed by atoms with Crippen LogP contribution in [0.4, 0.5) is 0 Å². The molecule has 2 saturated heterocycles. The van der Waals surface area contributed by atoms with Crippen molar-refractivity contribution in [1.29, 1.82) is 0 Å². The molecule has 1 atom stereocenters. The number of aromatic nitrogens is 4. The van der Waals surface area contributed by atoms with E-state index in [4.69, 9.17) is 4.74 Å². The van der Waals surface area contributed by atoms with E-state index in [0.29, 0.717) is 19.2 Å². The Kier molecular flexibility index (Phi) is 7.11. The smallest absolute Gasteiger partial charge is 0.246 e. The Morgan fingerprint density at radius 1 is 1.22 bits per heavy atom. The normalized spacial score (nSPS) is 22.0. The monoisotopic (exact) mass is 379 g/mol. The number of hydrogen-bond acceptors (Lipinski definition) is 7. The molecule has 0 bridgehead atoms. The van der Waals surface area contributed by atoms with E-state index in [0.717, 1.165) is 51.9 Å². The Morgan fingerprint density at radius 3 is 2.74 bits per heavy atom. The molecule has 150 valence electrons. The maximum Gasteiger partial charge on any atom is 0.246 e. The molecule has 27 heavy (non-hydrogen) atoms.